The molecule has 1 aliphatic rings. The first kappa shape index (κ1) is 13.8. The maximum Gasteiger partial charge on any atom is 0.339 e. The Morgan fingerprint density at radius 3 is 2.79 bits per heavy atom. The van der Waals surface area contributed by atoms with Gasteiger partial charge in [0.15, 0.2) is 0 Å². The van der Waals surface area contributed by atoms with Gasteiger partial charge in [0.25, 0.3) is 0 Å². The number of aromatic nitrogens is 1. The van der Waals surface area contributed by atoms with Crippen molar-refractivity contribution in [2.24, 2.45) is 11.8 Å². The molecule has 104 valence electrons. The maximum atomic E-state index is 13.0. The van der Waals surface area contributed by atoms with E-state index in [-0.39, 0.29) is 11.4 Å². The molecule has 4 nitrogen and oxygen atoms in total. The van der Waals surface area contributed by atoms with Crippen molar-refractivity contribution in [2.75, 3.05) is 11.9 Å². The van der Waals surface area contributed by atoms with E-state index >= 15 is 0 Å². The minimum Gasteiger partial charge on any atom is -0.478 e. The Kier molecular flexibility index (Phi) is 4.35. The number of pyridine rings is 1. The summed E-state index contributed by atoms with van der Waals surface area (Å²) in [6.45, 7) is 2.96. The Labute approximate surface area is 112 Å². The number of hydrogen-bond acceptors (Lipinski definition) is 3. The molecule has 0 bridgehead atoms. The lowest BCUT2D eigenvalue weighted by Gasteiger charge is -2.26. The van der Waals surface area contributed by atoms with Crippen LogP contribution in [0.15, 0.2) is 12.3 Å². The Morgan fingerprint density at radius 1 is 1.47 bits per heavy atom. The summed E-state index contributed by atoms with van der Waals surface area (Å²) >= 11 is 0. The zero-order valence-corrected chi connectivity index (χ0v) is 11.0. The van der Waals surface area contributed by atoms with Crippen molar-refractivity contribution in [1.82, 2.24) is 4.98 Å². The Balaban J connectivity index is 1.97. The van der Waals surface area contributed by atoms with Crippen molar-refractivity contribution in [3.63, 3.8) is 0 Å². The van der Waals surface area contributed by atoms with E-state index in [0.717, 1.165) is 31.0 Å². The third kappa shape index (κ3) is 3.66. The number of carboxylic acids is 1. The van der Waals surface area contributed by atoms with Crippen LogP contribution in [0, 0.1) is 17.7 Å². The quantitative estimate of drug-likeness (QED) is 0.878. The highest BCUT2D eigenvalue weighted by molar-refractivity contribution is 5.93. The van der Waals surface area contributed by atoms with E-state index in [1.54, 1.807) is 0 Å². The van der Waals surface area contributed by atoms with Gasteiger partial charge in [-0.15, -0.1) is 0 Å². The summed E-state index contributed by atoms with van der Waals surface area (Å²) in [6, 6.07) is 1.00. The predicted molar refractivity (Wildman–Crippen MR) is 70.8 cm³/mol. The molecule has 1 saturated carbocycles. The van der Waals surface area contributed by atoms with E-state index in [9.17, 15) is 9.18 Å². The monoisotopic (exact) mass is 266 g/mol. The number of aromatic carboxylic acids is 1. The first-order chi connectivity index (χ1) is 9.06. The number of nitrogens with zero attached hydrogens (tertiary/aromatic N) is 1. The van der Waals surface area contributed by atoms with Gasteiger partial charge in [-0.05, 0) is 30.7 Å². The molecule has 0 unspecified atom stereocenters. The van der Waals surface area contributed by atoms with E-state index in [2.05, 4.69) is 17.2 Å². The minimum atomic E-state index is -1.16. The standard InChI is InChI=1S/C14H19FN2O2/c1-9-2-4-10(5-3-9)7-16-13-12(14(18)19)6-11(15)8-17-13/h6,8-10H,2-5,7H2,1H3,(H,16,17)(H,18,19). The van der Waals surface area contributed by atoms with Crippen LogP contribution >= 0.6 is 0 Å². The smallest absolute Gasteiger partial charge is 0.339 e. The number of nitrogens with one attached hydrogen (secondary N) is 1. The average Bonchev–Trinajstić information content (AvgIpc) is 2.39. The Hall–Kier alpha value is -1.65. The molecule has 1 aromatic heterocycles. The summed E-state index contributed by atoms with van der Waals surface area (Å²) in [5, 5.41) is 12.1. The normalized spacial score (nSPS) is 23.1. The molecule has 5 heteroatoms. The molecule has 2 N–H and O–H groups in total. The molecule has 1 aliphatic carbocycles. The van der Waals surface area contributed by atoms with Crippen LogP contribution in [0.25, 0.3) is 0 Å². The highest BCUT2D eigenvalue weighted by Gasteiger charge is 2.19. The zero-order chi connectivity index (χ0) is 13.8. The van der Waals surface area contributed by atoms with E-state index in [0.29, 0.717) is 12.5 Å². The molecule has 1 heterocycles. The lowest BCUT2D eigenvalue weighted by Crippen LogP contribution is -2.21. The molecular weight excluding hydrogens is 247 g/mol. The van der Waals surface area contributed by atoms with Crippen molar-refractivity contribution in [3.05, 3.63) is 23.6 Å². The molecule has 0 saturated heterocycles. The van der Waals surface area contributed by atoms with Crippen LogP contribution in [0.2, 0.25) is 0 Å². The van der Waals surface area contributed by atoms with Crippen LogP contribution in [0.1, 0.15) is 43.0 Å². The van der Waals surface area contributed by atoms with Crippen molar-refractivity contribution in [2.45, 2.75) is 32.6 Å². The molecule has 0 aromatic carbocycles. The van der Waals surface area contributed by atoms with Gasteiger partial charge in [0, 0.05) is 6.54 Å². The largest absolute Gasteiger partial charge is 0.478 e. The van der Waals surface area contributed by atoms with E-state index in [4.69, 9.17) is 5.11 Å². The van der Waals surface area contributed by atoms with Gasteiger partial charge >= 0.3 is 5.97 Å². The third-order valence-electron chi connectivity index (χ3n) is 3.78. The number of hydrogen-bond donors (Lipinski definition) is 2. The van der Waals surface area contributed by atoms with Gasteiger partial charge in [-0.2, -0.15) is 0 Å². The fraction of sp³-hybridized carbons (Fsp3) is 0.571. The van der Waals surface area contributed by atoms with Crippen LogP contribution < -0.4 is 5.32 Å². The maximum absolute atomic E-state index is 13.0. The summed E-state index contributed by atoms with van der Waals surface area (Å²) in [5.74, 6) is -0.201. The van der Waals surface area contributed by atoms with Gasteiger partial charge < -0.3 is 10.4 Å². The molecule has 19 heavy (non-hydrogen) atoms. The highest BCUT2D eigenvalue weighted by atomic mass is 19.1. The van der Waals surface area contributed by atoms with E-state index in [1.807, 2.05) is 0 Å². The SMILES string of the molecule is CC1CCC(CNc2ncc(F)cc2C(=O)O)CC1. The molecule has 2 rings (SSSR count). The summed E-state index contributed by atoms with van der Waals surface area (Å²) in [7, 11) is 0. The van der Waals surface area contributed by atoms with Crippen LogP contribution in [-0.4, -0.2) is 22.6 Å². The Morgan fingerprint density at radius 2 is 2.16 bits per heavy atom. The van der Waals surface area contributed by atoms with Crippen LogP contribution in [0.3, 0.4) is 0 Å². The van der Waals surface area contributed by atoms with E-state index in [1.165, 1.54) is 12.8 Å². The number of anilines is 1. The van der Waals surface area contributed by atoms with Crippen molar-refractivity contribution in [1.29, 1.82) is 0 Å². The van der Waals surface area contributed by atoms with Crippen molar-refractivity contribution < 1.29 is 14.3 Å². The number of halogens is 1. The van der Waals surface area contributed by atoms with E-state index < -0.39 is 11.8 Å². The van der Waals surface area contributed by atoms with Crippen molar-refractivity contribution >= 4 is 11.8 Å². The topological polar surface area (TPSA) is 62.2 Å². The zero-order valence-electron chi connectivity index (χ0n) is 11.0. The first-order valence-corrected chi connectivity index (χ1v) is 6.69. The van der Waals surface area contributed by atoms with Gasteiger partial charge in [0.05, 0.1) is 6.20 Å². The van der Waals surface area contributed by atoms with Crippen LogP contribution in [0.4, 0.5) is 10.2 Å². The summed E-state index contributed by atoms with van der Waals surface area (Å²) in [4.78, 5) is 14.9. The fourth-order valence-corrected chi connectivity index (χ4v) is 2.52. The summed E-state index contributed by atoms with van der Waals surface area (Å²) in [6.07, 6.45) is 5.78. The number of carbonyl (C=O) groups is 1. The van der Waals surface area contributed by atoms with Gasteiger partial charge in [0.1, 0.15) is 17.2 Å². The molecule has 1 fully saturated rings. The molecule has 0 spiro atoms. The molecule has 1 aromatic rings. The molecule has 0 aliphatic heterocycles. The van der Waals surface area contributed by atoms with Crippen molar-refractivity contribution in [3.8, 4) is 0 Å². The number of rotatable bonds is 4. The average molecular weight is 266 g/mol. The van der Waals surface area contributed by atoms with Crippen LogP contribution in [0.5, 0.6) is 0 Å². The molecule has 0 radical (unpaired) electrons. The second kappa shape index (κ2) is 5.99. The van der Waals surface area contributed by atoms with Gasteiger partial charge in [-0.1, -0.05) is 19.8 Å². The van der Waals surface area contributed by atoms with Gasteiger partial charge in [0.2, 0.25) is 0 Å². The Bertz CT molecular complexity index is 457. The second-order valence-corrected chi connectivity index (χ2v) is 5.36. The molecule has 0 amide bonds. The lowest BCUT2D eigenvalue weighted by molar-refractivity contribution is 0.0697. The van der Waals surface area contributed by atoms with Gasteiger partial charge in [-0.3, -0.25) is 0 Å². The van der Waals surface area contributed by atoms with Gasteiger partial charge in [-0.25, -0.2) is 14.2 Å². The summed E-state index contributed by atoms with van der Waals surface area (Å²) in [5.41, 5.74) is -0.107. The lowest BCUT2D eigenvalue weighted by atomic mass is 9.83. The fourth-order valence-electron chi connectivity index (χ4n) is 2.52. The molecule has 0 atom stereocenters. The minimum absolute atomic E-state index is 0.107. The molecular formula is C14H19FN2O2. The summed E-state index contributed by atoms with van der Waals surface area (Å²) < 4.78 is 13.0. The predicted octanol–water partition coefficient (Wildman–Crippen LogP) is 3.16. The highest BCUT2D eigenvalue weighted by Crippen LogP contribution is 2.28. The van der Waals surface area contributed by atoms with Crippen LogP contribution in [-0.2, 0) is 0 Å². The third-order valence-corrected chi connectivity index (χ3v) is 3.78. The number of carboxylic acid groups (broad SMARTS) is 1. The second-order valence-electron chi connectivity index (χ2n) is 5.36. The first-order valence-electron chi connectivity index (χ1n) is 6.69.